The van der Waals surface area contributed by atoms with E-state index in [0.29, 0.717) is 28.6 Å². The van der Waals surface area contributed by atoms with E-state index in [1.807, 2.05) is 13.1 Å². The van der Waals surface area contributed by atoms with Gasteiger partial charge in [-0.2, -0.15) is 0 Å². The molecule has 1 fully saturated rings. The summed E-state index contributed by atoms with van der Waals surface area (Å²) in [6.45, 7) is 2.86. The normalized spacial score (nSPS) is 15.1. The van der Waals surface area contributed by atoms with Crippen LogP contribution in [-0.4, -0.2) is 53.9 Å². The van der Waals surface area contributed by atoms with Crippen molar-refractivity contribution < 1.29 is 9.72 Å². The van der Waals surface area contributed by atoms with E-state index in [4.69, 9.17) is 11.6 Å². The summed E-state index contributed by atoms with van der Waals surface area (Å²) in [7, 11) is 2.01. The second-order valence-electron chi connectivity index (χ2n) is 6.09. The number of nitro groups is 1. The van der Waals surface area contributed by atoms with Crippen LogP contribution >= 0.6 is 23.4 Å². The molecule has 0 atom stereocenters. The molecule has 2 aromatic carbocycles. The van der Waals surface area contributed by atoms with Crippen molar-refractivity contribution in [1.29, 1.82) is 0 Å². The summed E-state index contributed by atoms with van der Waals surface area (Å²) in [5.41, 5.74) is 0.270. The summed E-state index contributed by atoms with van der Waals surface area (Å²) in [6.07, 6.45) is 0. The Balaban J connectivity index is 1.84. The van der Waals surface area contributed by atoms with Gasteiger partial charge in [0.15, 0.2) is 0 Å². The predicted molar refractivity (Wildman–Crippen MR) is 102 cm³/mol. The molecule has 0 aliphatic carbocycles. The van der Waals surface area contributed by atoms with E-state index >= 15 is 0 Å². The van der Waals surface area contributed by atoms with Crippen molar-refractivity contribution in [1.82, 2.24) is 9.80 Å². The Hall–Kier alpha value is -2.09. The lowest BCUT2D eigenvalue weighted by Crippen LogP contribution is -2.47. The lowest BCUT2D eigenvalue weighted by atomic mass is 10.1. The van der Waals surface area contributed by atoms with E-state index < -0.39 is 4.92 Å². The third-order valence-electron chi connectivity index (χ3n) is 4.22. The lowest BCUT2D eigenvalue weighted by Gasteiger charge is -2.32. The number of carbonyl (C=O) groups excluding carboxylic acids is 1. The molecule has 3 rings (SSSR count). The molecule has 26 heavy (non-hydrogen) atoms. The number of hydrogen-bond acceptors (Lipinski definition) is 5. The van der Waals surface area contributed by atoms with Crippen molar-refractivity contribution in [2.75, 3.05) is 33.2 Å². The minimum Gasteiger partial charge on any atom is -0.336 e. The van der Waals surface area contributed by atoms with Crippen molar-refractivity contribution >= 4 is 35.0 Å². The third-order valence-corrected chi connectivity index (χ3v) is 5.51. The summed E-state index contributed by atoms with van der Waals surface area (Å²) in [6, 6.07) is 11.8. The van der Waals surface area contributed by atoms with Gasteiger partial charge >= 0.3 is 0 Å². The predicted octanol–water partition coefficient (Wildman–Crippen LogP) is 3.79. The number of nitro benzene ring substituents is 1. The molecule has 1 aliphatic rings. The van der Waals surface area contributed by atoms with E-state index in [2.05, 4.69) is 4.90 Å². The molecule has 0 unspecified atom stereocenters. The number of hydrogen-bond donors (Lipinski definition) is 0. The maximum Gasteiger partial charge on any atom is 0.284 e. The van der Waals surface area contributed by atoms with E-state index in [1.54, 1.807) is 35.2 Å². The van der Waals surface area contributed by atoms with Crippen LogP contribution in [0, 0.1) is 10.1 Å². The Bertz CT molecular complexity index is 838. The second-order valence-corrected chi connectivity index (χ2v) is 7.65. The summed E-state index contributed by atoms with van der Waals surface area (Å²) in [5.74, 6) is -0.166. The molecule has 2 aromatic rings. The van der Waals surface area contributed by atoms with Gasteiger partial charge in [0.25, 0.3) is 11.6 Å². The molecule has 1 saturated heterocycles. The molecule has 6 nitrogen and oxygen atoms in total. The molecule has 0 aromatic heterocycles. The SMILES string of the molecule is CN1CCN(C(=O)c2ccc(Sc3cccc(Cl)c3)c([N+](=O)[O-])c2)CC1. The Morgan fingerprint density at radius 3 is 2.54 bits per heavy atom. The number of amides is 1. The van der Waals surface area contributed by atoms with Crippen LogP contribution in [0.1, 0.15) is 10.4 Å². The molecule has 0 saturated carbocycles. The van der Waals surface area contributed by atoms with Crippen LogP contribution in [0.5, 0.6) is 0 Å². The average molecular weight is 392 g/mol. The van der Waals surface area contributed by atoms with Gasteiger partial charge in [0.1, 0.15) is 0 Å². The van der Waals surface area contributed by atoms with E-state index in [0.717, 1.165) is 18.0 Å². The number of benzene rings is 2. The highest BCUT2D eigenvalue weighted by Gasteiger charge is 2.24. The summed E-state index contributed by atoms with van der Waals surface area (Å²) < 4.78 is 0. The third kappa shape index (κ3) is 4.35. The van der Waals surface area contributed by atoms with Gasteiger partial charge in [-0.15, -0.1) is 0 Å². The van der Waals surface area contributed by atoms with Crippen LogP contribution in [0.4, 0.5) is 5.69 Å². The van der Waals surface area contributed by atoms with Gasteiger partial charge in [0.2, 0.25) is 0 Å². The smallest absolute Gasteiger partial charge is 0.284 e. The number of rotatable bonds is 4. The fourth-order valence-electron chi connectivity index (χ4n) is 2.73. The van der Waals surface area contributed by atoms with Gasteiger partial charge in [0, 0.05) is 47.7 Å². The zero-order valence-corrected chi connectivity index (χ0v) is 15.8. The fraction of sp³-hybridized carbons (Fsp3) is 0.278. The molecular formula is C18H18ClN3O3S. The maximum absolute atomic E-state index is 12.7. The molecule has 1 aliphatic heterocycles. The zero-order valence-electron chi connectivity index (χ0n) is 14.2. The summed E-state index contributed by atoms with van der Waals surface area (Å²) in [4.78, 5) is 28.9. The van der Waals surface area contributed by atoms with Crippen molar-refractivity contribution in [3.8, 4) is 0 Å². The topological polar surface area (TPSA) is 66.7 Å². The van der Waals surface area contributed by atoms with Crippen molar-refractivity contribution in [2.24, 2.45) is 0 Å². The Labute approximate surface area is 160 Å². The highest BCUT2D eigenvalue weighted by molar-refractivity contribution is 7.99. The number of carbonyl (C=O) groups is 1. The number of nitrogens with zero attached hydrogens (tertiary/aromatic N) is 3. The summed E-state index contributed by atoms with van der Waals surface area (Å²) >= 11 is 7.23. The highest BCUT2D eigenvalue weighted by atomic mass is 35.5. The van der Waals surface area contributed by atoms with E-state index in [-0.39, 0.29) is 11.6 Å². The molecule has 8 heteroatoms. The van der Waals surface area contributed by atoms with Gasteiger partial charge in [-0.3, -0.25) is 14.9 Å². The Morgan fingerprint density at radius 1 is 1.15 bits per heavy atom. The minimum atomic E-state index is -0.451. The number of piperazine rings is 1. The lowest BCUT2D eigenvalue weighted by molar-refractivity contribution is -0.387. The van der Waals surface area contributed by atoms with E-state index in [9.17, 15) is 14.9 Å². The molecule has 0 bridgehead atoms. The highest BCUT2D eigenvalue weighted by Crippen LogP contribution is 2.36. The fourth-order valence-corrected chi connectivity index (χ4v) is 3.94. The molecule has 0 spiro atoms. The standard InChI is InChI=1S/C18H18ClN3O3S/c1-20-7-9-21(10-8-20)18(23)13-5-6-17(16(11-13)22(24)25)26-15-4-2-3-14(19)12-15/h2-6,11-12H,7-10H2,1H3. The number of halogens is 1. The Kier molecular flexibility index (Phi) is 5.80. The van der Waals surface area contributed by atoms with Crippen molar-refractivity contribution in [2.45, 2.75) is 9.79 Å². The van der Waals surface area contributed by atoms with Gasteiger partial charge in [-0.05, 0) is 37.4 Å². The average Bonchev–Trinajstić information content (AvgIpc) is 2.62. The minimum absolute atomic E-state index is 0.0741. The molecule has 1 amide bonds. The molecule has 1 heterocycles. The Morgan fingerprint density at radius 2 is 1.88 bits per heavy atom. The summed E-state index contributed by atoms with van der Waals surface area (Å²) in [5, 5.41) is 12.1. The van der Waals surface area contributed by atoms with Crippen LogP contribution in [0.2, 0.25) is 5.02 Å². The van der Waals surface area contributed by atoms with Crippen LogP contribution in [0.25, 0.3) is 0 Å². The monoisotopic (exact) mass is 391 g/mol. The van der Waals surface area contributed by atoms with E-state index in [1.165, 1.54) is 17.8 Å². The van der Waals surface area contributed by atoms with Gasteiger partial charge < -0.3 is 9.80 Å². The first-order chi connectivity index (χ1) is 12.4. The van der Waals surface area contributed by atoms with Gasteiger partial charge in [-0.25, -0.2) is 0 Å². The quantitative estimate of drug-likeness (QED) is 0.586. The van der Waals surface area contributed by atoms with Crippen LogP contribution < -0.4 is 0 Å². The van der Waals surface area contributed by atoms with Crippen molar-refractivity contribution in [3.05, 3.63) is 63.2 Å². The first-order valence-corrected chi connectivity index (χ1v) is 9.33. The van der Waals surface area contributed by atoms with Gasteiger partial charge in [0.05, 0.1) is 9.82 Å². The first kappa shape index (κ1) is 18.7. The molecular weight excluding hydrogens is 374 g/mol. The number of likely N-dealkylation sites (N-methyl/N-ethyl adjacent to an activating group) is 1. The van der Waals surface area contributed by atoms with Crippen LogP contribution in [0.15, 0.2) is 52.3 Å². The largest absolute Gasteiger partial charge is 0.336 e. The molecule has 0 N–H and O–H groups in total. The van der Waals surface area contributed by atoms with Crippen molar-refractivity contribution in [3.63, 3.8) is 0 Å². The zero-order chi connectivity index (χ0) is 18.7. The van der Waals surface area contributed by atoms with Crippen LogP contribution in [-0.2, 0) is 0 Å². The second kappa shape index (κ2) is 8.07. The molecule has 136 valence electrons. The van der Waals surface area contributed by atoms with Crippen LogP contribution in [0.3, 0.4) is 0 Å². The molecule has 0 radical (unpaired) electrons. The maximum atomic E-state index is 12.7. The van der Waals surface area contributed by atoms with Gasteiger partial charge in [-0.1, -0.05) is 29.4 Å². The first-order valence-electron chi connectivity index (χ1n) is 8.14.